The summed E-state index contributed by atoms with van der Waals surface area (Å²) in [6.45, 7) is 14.8. The van der Waals surface area contributed by atoms with Gasteiger partial charge in [0.25, 0.3) is 0 Å². The molecule has 0 atom stereocenters. The van der Waals surface area contributed by atoms with Gasteiger partial charge in [-0.25, -0.2) is 0 Å². The number of carbonyl (C=O) groups excluding carboxylic acids is 2. The fourth-order valence-corrected chi connectivity index (χ4v) is 5.53. The third-order valence-electron chi connectivity index (χ3n) is 5.22. The van der Waals surface area contributed by atoms with E-state index in [2.05, 4.69) is 48.5 Å². The van der Waals surface area contributed by atoms with Crippen LogP contribution in [0.15, 0.2) is 33.1 Å². The summed E-state index contributed by atoms with van der Waals surface area (Å²) >= 11 is 3.33. The lowest BCUT2D eigenvalue weighted by molar-refractivity contribution is -0.137. The molecule has 0 unspecified atom stereocenters. The van der Waals surface area contributed by atoms with Crippen molar-refractivity contribution in [1.29, 1.82) is 0 Å². The standard InChI is InChI=1S/C26H42O3S2/c1-9-10-11-12-13-14-15-30-24(31-18-22(27)29-8)19-16-20(25(2,3)4)23(28)21(17-19)26(5,6)7/h16-17H,9-15,18H2,1-8H3. The lowest BCUT2D eigenvalue weighted by Crippen LogP contribution is -2.28. The number of hydrogen-bond acceptors (Lipinski definition) is 5. The maximum absolute atomic E-state index is 13.2. The number of unbranched alkanes of at least 4 members (excludes halogenated alkanes) is 5. The third kappa shape index (κ3) is 9.61. The predicted octanol–water partition coefficient (Wildman–Crippen LogP) is 7.73. The van der Waals surface area contributed by atoms with Gasteiger partial charge in [0, 0.05) is 15.4 Å². The van der Waals surface area contributed by atoms with Gasteiger partial charge in [0.15, 0.2) is 5.78 Å². The van der Waals surface area contributed by atoms with Crippen molar-refractivity contribution < 1.29 is 14.3 Å². The van der Waals surface area contributed by atoms with E-state index in [-0.39, 0.29) is 28.3 Å². The summed E-state index contributed by atoms with van der Waals surface area (Å²) < 4.78 is 5.97. The van der Waals surface area contributed by atoms with E-state index in [1.165, 1.54) is 51.0 Å². The first-order valence-corrected chi connectivity index (χ1v) is 13.4. The van der Waals surface area contributed by atoms with Crippen molar-refractivity contribution in [2.45, 2.75) is 87.0 Å². The SMILES string of the molecule is CCCCCCCCSC(SCC(=O)OC)=C1C=C(C(C)(C)C)C(=O)C(C(C)(C)C)=C1. The number of Topliss-reactive ketones (excluding diaryl/α,β-unsaturated/α-hetero) is 1. The van der Waals surface area contributed by atoms with Gasteiger partial charge in [0.2, 0.25) is 0 Å². The summed E-state index contributed by atoms with van der Waals surface area (Å²) in [5.74, 6) is 1.21. The van der Waals surface area contributed by atoms with E-state index in [9.17, 15) is 9.59 Å². The number of carbonyl (C=O) groups is 2. The van der Waals surface area contributed by atoms with Crippen LogP contribution in [-0.2, 0) is 14.3 Å². The van der Waals surface area contributed by atoms with Gasteiger partial charge in [0.1, 0.15) is 0 Å². The molecule has 176 valence electrons. The number of methoxy groups -OCH3 is 1. The van der Waals surface area contributed by atoms with Crippen LogP contribution in [0, 0.1) is 10.8 Å². The summed E-state index contributed by atoms with van der Waals surface area (Å²) in [4.78, 5) is 25.1. The molecule has 0 spiro atoms. The fourth-order valence-electron chi connectivity index (χ4n) is 3.30. The molecular formula is C26H42O3S2. The van der Waals surface area contributed by atoms with Gasteiger partial charge in [-0.15, -0.1) is 23.5 Å². The van der Waals surface area contributed by atoms with Crippen molar-refractivity contribution in [3.05, 3.63) is 33.1 Å². The first kappa shape index (κ1) is 28.1. The van der Waals surface area contributed by atoms with Gasteiger partial charge >= 0.3 is 5.97 Å². The largest absolute Gasteiger partial charge is 0.468 e. The van der Waals surface area contributed by atoms with Gasteiger partial charge < -0.3 is 4.74 Å². The molecule has 5 heteroatoms. The van der Waals surface area contributed by atoms with Crippen LogP contribution in [0.5, 0.6) is 0 Å². The molecule has 1 rings (SSSR count). The Labute approximate surface area is 198 Å². The number of ether oxygens (including phenoxy) is 1. The Balaban J connectivity index is 3.19. The minimum Gasteiger partial charge on any atom is -0.468 e. The van der Waals surface area contributed by atoms with Crippen molar-refractivity contribution >= 4 is 35.3 Å². The van der Waals surface area contributed by atoms with Crippen LogP contribution in [-0.4, -0.2) is 30.4 Å². The maximum atomic E-state index is 13.2. The van der Waals surface area contributed by atoms with Crippen molar-refractivity contribution in [3.63, 3.8) is 0 Å². The minimum absolute atomic E-state index is 0.141. The van der Waals surface area contributed by atoms with Crippen LogP contribution in [0.3, 0.4) is 0 Å². The van der Waals surface area contributed by atoms with Gasteiger partial charge in [-0.3, -0.25) is 9.59 Å². The Hall–Kier alpha value is -0.940. The highest BCUT2D eigenvalue weighted by atomic mass is 32.2. The molecule has 0 radical (unpaired) electrons. The molecule has 1 aliphatic carbocycles. The zero-order valence-electron chi connectivity index (χ0n) is 20.9. The van der Waals surface area contributed by atoms with Crippen molar-refractivity contribution in [1.82, 2.24) is 0 Å². The second-order valence-electron chi connectivity index (χ2n) is 10.2. The summed E-state index contributed by atoms with van der Waals surface area (Å²) in [6.07, 6.45) is 11.7. The molecule has 0 saturated heterocycles. The number of rotatable bonds is 11. The van der Waals surface area contributed by atoms with E-state index in [0.717, 1.165) is 33.1 Å². The van der Waals surface area contributed by atoms with Crippen molar-refractivity contribution in [3.8, 4) is 0 Å². The van der Waals surface area contributed by atoms with Gasteiger partial charge in [-0.05, 0) is 40.7 Å². The Bertz CT molecular complexity index is 680. The van der Waals surface area contributed by atoms with Crippen molar-refractivity contribution in [2.24, 2.45) is 10.8 Å². The zero-order valence-corrected chi connectivity index (χ0v) is 22.5. The quantitative estimate of drug-likeness (QED) is 0.230. The highest BCUT2D eigenvalue weighted by Crippen LogP contribution is 2.43. The summed E-state index contributed by atoms with van der Waals surface area (Å²) in [7, 11) is 1.42. The normalized spacial score (nSPS) is 15.0. The van der Waals surface area contributed by atoms with Crippen LogP contribution in [0.4, 0.5) is 0 Å². The second-order valence-corrected chi connectivity index (χ2v) is 12.5. The molecular weight excluding hydrogens is 424 g/mol. The van der Waals surface area contributed by atoms with Crippen LogP contribution in [0.2, 0.25) is 0 Å². The zero-order chi connectivity index (χ0) is 23.7. The highest BCUT2D eigenvalue weighted by Gasteiger charge is 2.34. The van der Waals surface area contributed by atoms with Gasteiger partial charge in [0.05, 0.1) is 12.9 Å². The lowest BCUT2D eigenvalue weighted by Gasteiger charge is -2.31. The Morgan fingerprint density at radius 3 is 1.87 bits per heavy atom. The van der Waals surface area contributed by atoms with Gasteiger partial charge in [-0.1, -0.05) is 80.6 Å². The Morgan fingerprint density at radius 2 is 1.39 bits per heavy atom. The van der Waals surface area contributed by atoms with E-state index in [1.807, 2.05) is 12.2 Å². The number of hydrogen-bond donors (Lipinski definition) is 0. The molecule has 0 saturated carbocycles. The summed E-state index contributed by atoms with van der Waals surface area (Å²) in [6, 6.07) is 0. The highest BCUT2D eigenvalue weighted by molar-refractivity contribution is 8.22. The maximum Gasteiger partial charge on any atom is 0.316 e. The molecule has 1 aliphatic rings. The monoisotopic (exact) mass is 466 g/mol. The van der Waals surface area contributed by atoms with E-state index in [1.54, 1.807) is 11.8 Å². The van der Waals surface area contributed by atoms with E-state index < -0.39 is 0 Å². The van der Waals surface area contributed by atoms with Crippen LogP contribution < -0.4 is 0 Å². The third-order valence-corrected chi connectivity index (χ3v) is 7.80. The fraction of sp³-hybridized carbons (Fsp3) is 0.692. The topological polar surface area (TPSA) is 43.4 Å². The number of allylic oxidation sites excluding steroid dienone is 5. The van der Waals surface area contributed by atoms with E-state index in [0.29, 0.717) is 0 Å². The summed E-state index contributed by atoms with van der Waals surface area (Å²) in [5, 5.41) is 0. The molecule has 0 aliphatic heterocycles. The van der Waals surface area contributed by atoms with E-state index >= 15 is 0 Å². The average Bonchev–Trinajstić information content (AvgIpc) is 2.67. The van der Waals surface area contributed by atoms with Crippen molar-refractivity contribution in [2.75, 3.05) is 18.6 Å². The molecule has 0 amide bonds. The second kappa shape index (κ2) is 12.9. The lowest BCUT2D eigenvalue weighted by atomic mass is 9.72. The van der Waals surface area contributed by atoms with Gasteiger partial charge in [-0.2, -0.15) is 0 Å². The van der Waals surface area contributed by atoms with Crippen LogP contribution in [0.1, 0.15) is 87.0 Å². The first-order valence-electron chi connectivity index (χ1n) is 11.5. The predicted molar refractivity (Wildman–Crippen MR) is 137 cm³/mol. The average molecular weight is 467 g/mol. The molecule has 0 aromatic carbocycles. The van der Waals surface area contributed by atoms with Crippen LogP contribution >= 0.6 is 23.5 Å². The molecule has 3 nitrogen and oxygen atoms in total. The molecule has 0 aromatic rings. The number of ketones is 1. The Morgan fingerprint density at radius 1 is 0.871 bits per heavy atom. The summed E-state index contributed by atoms with van der Waals surface area (Å²) in [5.41, 5.74) is 2.25. The van der Waals surface area contributed by atoms with E-state index in [4.69, 9.17) is 4.74 Å². The molecule has 0 bridgehead atoms. The minimum atomic E-state index is -0.241. The molecule has 0 N–H and O–H groups in total. The molecule has 31 heavy (non-hydrogen) atoms. The Kier molecular flexibility index (Phi) is 11.7. The van der Waals surface area contributed by atoms with Crippen LogP contribution in [0.25, 0.3) is 0 Å². The number of thioether (sulfide) groups is 2. The smallest absolute Gasteiger partial charge is 0.316 e. The molecule has 0 heterocycles. The first-order chi connectivity index (χ1) is 14.4. The number of esters is 1. The molecule has 0 fully saturated rings. The molecule has 0 aromatic heterocycles.